The third kappa shape index (κ3) is 3.31. The van der Waals surface area contributed by atoms with E-state index in [0.717, 1.165) is 60.0 Å². The van der Waals surface area contributed by atoms with Crippen molar-refractivity contribution in [1.82, 2.24) is 24.6 Å². The number of nitrogens with zero attached hydrogens (tertiary/aromatic N) is 6. The van der Waals surface area contributed by atoms with Crippen LogP contribution >= 0.6 is 0 Å². The Morgan fingerprint density at radius 2 is 1.75 bits per heavy atom. The molecule has 3 aliphatic rings. The van der Waals surface area contributed by atoms with Gasteiger partial charge in [-0.2, -0.15) is 10.1 Å². The van der Waals surface area contributed by atoms with Gasteiger partial charge in [0.25, 0.3) is 0 Å². The van der Waals surface area contributed by atoms with Gasteiger partial charge in [0.05, 0.1) is 11.1 Å². The van der Waals surface area contributed by atoms with Crippen LogP contribution < -0.4 is 20.1 Å². The summed E-state index contributed by atoms with van der Waals surface area (Å²) in [5.41, 5.74) is 8.70. The number of nitrogen functional groups attached to an aromatic ring is 1. The van der Waals surface area contributed by atoms with E-state index in [1.807, 2.05) is 25.2 Å². The van der Waals surface area contributed by atoms with E-state index in [9.17, 15) is 0 Å². The Bertz CT molecular complexity index is 1150. The summed E-state index contributed by atoms with van der Waals surface area (Å²) in [6, 6.07) is 6.55. The van der Waals surface area contributed by atoms with Gasteiger partial charge in [0.2, 0.25) is 12.7 Å². The number of hydrogen-bond donors (Lipinski definition) is 1. The van der Waals surface area contributed by atoms with Gasteiger partial charge < -0.3 is 25.0 Å². The van der Waals surface area contributed by atoms with Crippen molar-refractivity contribution in [1.29, 1.82) is 0 Å². The number of anilines is 2. The lowest BCUT2D eigenvalue weighted by Crippen LogP contribution is -2.47. The number of rotatable bonds is 3. The number of likely N-dealkylation sites (tertiary alicyclic amines) is 1. The Morgan fingerprint density at radius 3 is 2.56 bits per heavy atom. The molecular weight excluding hydrogens is 406 g/mol. The Balaban J connectivity index is 1.34. The molecule has 2 N–H and O–H groups in total. The smallest absolute Gasteiger partial charge is 0.231 e. The van der Waals surface area contributed by atoms with E-state index in [2.05, 4.69) is 14.9 Å². The van der Waals surface area contributed by atoms with Gasteiger partial charge in [-0.3, -0.25) is 4.68 Å². The molecule has 1 aromatic carbocycles. The van der Waals surface area contributed by atoms with Crippen molar-refractivity contribution in [2.24, 2.45) is 7.05 Å². The number of fused-ring (bicyclic) bond motifs is 2. The number of piperidine rings is 2. The van der Waals surface area contributed by atoms with Crippen LogP contribution in [0, 0.1) is 0 Å². The van der Waals surface area contributed by atoms with Crippen molar-refractivity contribution in [3.8, 4) is 22.8 Å². The van der Waals surface area contributed by atoms with Gasteiger partial charge in [-0.1, -0.05) is 6.42 Å². The standard InChI is InChI=1S/C23H29N7O2/c1-28-21(24)19-20(15-5-6-17-18(13-15)32-14-31-17)25-23(26-22(19)27-28)30-11-7-16(8-12-30)29-9-3-2-4-10-29/h5-6,13,16H,2-4,7-12,14,24H2,1H3. The molecule has 2 fully saturated rings. The highest BCUT2D eigenvalue weighted by Gasteiger charge is 2.28. The summed E-state index contributed by atoms with van der Waals surface area (Å²) in [5, 5.41) is 5.34. The lowest BCUT2D eigenvalue weighted by Gasteiger charge is -2.40. The molecule has 0 unspecified atom stereocenters. The molecule has 9 nitrogen and oxygen atoms in total. The summed E-state index contributed by atoms with van der Waals surface area (Å²) in [6.07, 6.45) is 6.33. The summed E-state index contributed by atoms with van der Waals surface area (Å²) in [5.74, 6) is 2.75. The van der Waals surface area contributed by atoms with Crippen molar-refractivity contribution in [3.63, 3.8) is 0 Å². The quantitative estimate of drug-likeness (QED) is 0.671. The average Bonchev–Trinajstić information content (AvgIpc) is 3.42. The van der Waals surface area contributed by atoms with Crippen LogP contribution in [0.5, 0.6) is 11.5 Å². The molecule has 6 rings (SSSR count). The van der Waals surface area contributed by atoms with E-state index in [0.29, 0.717) is 17.5 Å². The van der Waals surface area contributed by atoms with Gasteiger partial charge in [0.15, 0.2) is 17.1 Å². The molecule has 5 heterocycles. The lowest BCUT2D eigenvalue weighted by atomic mass is 10.00. The van der Waals surface area contributed by atoms with Crippen LogP contribution in [0.15, 0.2) is 18.2 Å². The molecule has 9 heteroatoms. The Kier molecular flexibility index (Phi) is 4.78. The van der Waals surface area contributed by atoms with Crippen molar-refractivity contribution in [2.75, 3.05) is 43.6 Å². The van der Waals surface area contributed by atoms with Gasteiger partial charge in [0, 0.05) is 31.7 Å². The zero-order valence-corrected chi connectivity index (χ0v) is 18.5. The zero-order chi connectivity index (χ0) is 21.7. The van der Waals surface area contributed by atoms with Crippen LogP contribution in [0.4, 0.5) is 11.8 Å². The van der Waals surface area contributed by atoms with Crippen LogP contribution in [0.2, 0.25) is 0 Å². The van der Waals surface area contributed by atoms with E-state index >= 15 is 0 Å². The molecule has 168 valence electrons. The molecule has 2 aromatic heterocycles. The summed E-state index contributed by atoms with van der Waals surface area (Å²) in [7, 11) is 1.84. The number of hydrogen-bond acceptors (Lipinski definition) is 8. The minimum absolute atomic E-state index is 0.240. The molecule has 0 bridgehead atoms. The predicted molar refractivity (Wildman–Crippen MR) is 123 cm³/mol. The summed E-state index contributed by atoms with van der Waals surface area (Å²) < 4.78 is 12.7. The third-order valence-corrected chi connectivity index (χ3v) is 7.03. The first-order chi connectivity index (χ1) is 15.7. The first-order valence-corrected chi connectivity index (χ1v) is 11.6. The third-order valence-electron chi connectivity index (χ3n) is 7.03. The fraction of sp³-hybridized carbons (Fsp3) is 0.522. The monoisotopic (exact) mass is 435 g/mol. The second kappa shape index (κ2) is 7.81. The number of aromatic nitrogens is 4. The highest BCUT2D eigenvalue weighted by atomic mass is 16.7. The highest BCUT2D eigenvalue weighted by molar-refractivity contribution is 5.99. The molecule has 32 heavy (non-hydrogen) atoms. The summed E-state index contributed by atoms with van der Waals surface area (Å²) in [4.78, 5) is 14.8. The molecule has 0 radical (unpaired) electrons. The number of ether oxygens (including phenoxy) is 2. The number of nitrogens with two attached hydrogens (primary N) is 1. The first kappa shape index (κ1) is 19.6. The van der Waals surface area contributed by atoms with E-state index in [1.54, 1.807) is 4.68 Å². The SMILES string of the molecule is Cn1nc2nc(N3CCC(N4CCCCC4)CC3)nc(-c3ccc4c(c3)OCO4)c2c1N. The Labute approximate surface area is 187 Å². The Hall–Kier alpha value is -3.07. The van der Waals surface area contributed by atoms with Gasteiger partial charge in [-0.05, 0) is 57.0 Å². The molecule has 0 aliphatic carbocycles. The van der Waals surface area contributed by atoms with Gasteiger partial charge >= 0.3 is 0 Å². The normalized spacial score (nSPS) is 19.7. The van der Waals surface area contributed by atoms with Crippen molar-refractivity contribution in [2.45, 2.75) is 38.1 Å². The number of aryl methyl sites for hydroxylation is 1. The number of benzene rings is 1. The predicted octanol–water partition coefficient (Wildman–Crippen LogP) is 2.80. The first-order valence-electron chi connectivity index (χ1n) is 11.6. The van der Waals surface area contributed by atoms with Crippen LogP contribution in [0.1, 0.15) is 32.1 Å². The zero-order valence-electron chi connectivity index (χ0n) is 18.5. The molecule has 2 saturated heterocycles. The van der Waals surface area contributed by atoms with Gasteiger partial charge in [0.1, 0.15) is 5.82 Å². The van der Waals surface area contributed by atoms with Crippen LogP contribution in [-0.4, -0.2) is 63.7 Å². The maximum Gasteiger partial charge on any atom is 0.231 e. The molecule has 0 spiro atoms. The van der Waals surface area contributed by atoms with Crippen LogP contribution in [-0.2, 0) is 7.05 Å². The summed E-state index contributed by atoms with van der Waals surface area (Å²) in [6.45, 7) is 4.64. The van der Waals surface area contributed by atoms with E-state index in [1.165, 1.54) is 32.4 Å². The Morgan fingerprint density at radius 1 is 0.969 bits per heavy atom. The maximum absolute atomic E-state index is 6.36. The van der Waals surface area contributed by atoms with E-state index in [4.69, 9.17) is 25.2 Å². The van der Waals surface area contributed by atoms with Crippen LogP contribution in [0.3, 0.4) is 0 Å². The topological polar surface area (TPSA) is 94.6 Å². The maximum atomic E-state index is 6.36. The van der Waals surface area contributed by atoms with Gasteiger partial charge in [-0.25, -0.2) is 4.98 Å². The van der Waals surface area contributed by atoms with Crippen molar-refractivity contribution >= 4 is 22.8 Å². The summed E-state index contributed by atoms with van der Waals surface area (Å²) >= 11 is 0. The minimum Gasteiger partial charge on any atom is -0.454 e. The molecule has 0 amide bonds. The molecule has 3 aromatic rings. The van der Waals surface area contributed by atoms with Crippen LogP contribution in [0.25, 0.3) is 22.3 Å². The molecular formula is C23H29N7O2. The molecule has 0 atom stereocenters. The van der Waals surface area contributed by atoms with Crippen molar-refractivity contribution < 1.29 is 9.47 Å². The molecule has 3 aliphatic heterocycles. The second-order valence-corrected chi connectivity index (χ2v) is 8.96. The van der Waals surface area contributed by atoms with E-state index < -0.39 is 0 Å². The fourth-order valence-electron chi connectivity index (χ4n) is 5.21. The fourth-order valence-corrected chi connectivity index (χ4v) is 5.21. The van der Waals surface area contributed by atoms with E-state index in [-0.39, 0.29) is 6.79 Å². The van der Waals surface area contributed by atoms with Gasteiger partial charge in [-0.15, -0.1) is 0 Å². The molecule has 0 saturated carbocycles. The lowest BCUT2D eigenvalue weighted by molar-refractivity contribution is 0.141. The largest absolute Gasteiger partial charge is 0.454 e. The minimum atomic E-state index is 0.240. The second-order valence-electron chi connectivity index (χ2n) is 8.96. The van der Waals surface area contributed by atoms with Crippen molar-refractivity contribution in [3.05, 3.63) is 18.2 Å². The average molecular weight is 436 g/mol. The highest BCUT2D eigenvalue weighted by Crippen LogP contribution is 2.39.